The summed E-state index contributed by atoms with van der Waals surface area (Å²) in [4.78, 5) is 16.0. The summed E-state index contributed by atoms with van der Waals surface area (Å²) in [6, 6.07) is 16.5. The number of hydrogen-bond acceptors (Lipinski definition) is 2. The highest BCUT2D eigenvalue weighted by Gasteiger charge is 2.19. The highest BCUT2D eigenvalue weighted by Crippen LogP contribution is 2.29. The second-order valence-corrected chi connectivity index (χ2v) is 5.21. The number of benzene rings is 2. The van der Waals surface area contributed by atoms with E-state index in [1.54, 1.807) is 0 Å². The number of rotatable bonds is 1. The Labute approximate surface area is 117 Å². The van der Waals surface area contributed by atoms with E-state index in [2.05, 4.69) is 29.2 Å². The summed E-state index contributed by atoms with van der Waals surface area (Å²) < 4.78 is 0. The molecule has 0 fully saturated rings. The summed E-state index contributed by atoms with van der Waals surface area (Å²) in [6.45, 7) is 0. The smallest absolute Gasteiger partial charge is 0.163 e. The van der Waals surface area contributed by atoms with Crippen molar-refractivity contribution in [3.63, 3.8) is 0 Å². The SMILES string of the molecule is O=C1CCc2cc(-c3ccc4ncccc4c3)ccc21. The average Bonchev–Trinajstić information content (AvgIpc) is 2.88. The Morgan fingerprint density at radius 1 is 0.900 bits per heavy atom. The lowest BCUT2D eigenvalue weighted by Gasteiger charge is -2.06. The van der Waals surface area contributed by atoms with Crippen molar-refractivity contribution in [1.82, 2.24) is 4.98 Å². The molecule has 1 heterocycles. The number of Topliss-reactive ketones (excluding diaryl/α,β-unsaturated/α-hetero) is 1. The highest BCUT2D eigenvalue weighted by atomic mass is 16.1. The van der Waals surface area contributed by atoms with E-state index >= 15 is 0 Å². The van der Waals surface area contributed by atoms with Crippen LogP contribution in [-0.2, 0) is 6.42 Å². The Hall–Kier alpha value is -2.48. The molecule has 0 spiro atoms. The van der Waals surface area contributed by atoms with Crippen LogP contribution in [0.15, 0.2) is 54.7 Å². The molecule has 0 saturated heterocycles. The van der Waals surface area contributed by atoms with Gasteiger partial charge in [-0.05, 0) is 41.3 Å². The van der Waals surface area contributed by atoms with Crippen LogP contribution in [0.3, 0.4) is 0 Å². The fraction of sp³-hybridized carbons (Fsp3) is 0.111. The molecule has 0 saturated carbocycles. The van der Waals surface area contributed by atoms with Crippen LogP contribution in [0.4, 0.5) is 0 Å². The van der Waals surface area contributed by atoms with Crippen molar-refractivity contribution in [2.75, 3.05) is 0 Å². The lowest BCUT2D eigenvalue weighted by Crippen LogP contribution is -1.91. The van der Waals surface area contributed by atoms with Crippen molar-refractivity contribution in [1.29, 1.82) is 0 Å². The Morgan fingerprint density at radius 3 is 2.70 bits per heavy atom. The van der Waals surface area contributed by atoms with Gasteiger partial charge in [-0.2, -0.15) is 0 Å². The van der Waals surface area contributed by atoms with Gasteiger partial charge in [0.25, 0.3) is 0 Å². The second-order valence-electron chi connectivity index (χ2n) is 5.21. The first kappa shape index (κ1) is 11.4. The number of aromatic nitrogens is 1. The normalized spacial score (nSPS) is 13.7. The number of fused-ring (bicyclic) bond motifs is 2. The third-order valence-corrected chi connectivity index (χ3v) is 3.96. The van der Waals surface area contributed by atoms with Gasteiger partial charge in [-0.3, -0.25) is 9.78 Å². The summed E-state index contributed by atoms with van der Waals surface area (Å²) >= 11 is 0. The van der Waals surface area contributed by atoms with Crippen LogP contribution in [0.2, 0.25) is 0 Å². The van der Waals surface area contributed by atoms with Gasteiger partial charge >= 0.3 is 0 Å². The van der Waals surface area contributed by atoms with Crippen LogP contribution in [0, 0.1) is 0 Å². The number of carbonyl (C=O) groups is 1. The number of aryl methyl sites for hydroxylation is 1. The molecule has 0 amide bonds. The third-order valence-electron chi connectivity index (χ3n) is 3.96. The number of nitrogens with zero attached hydrogens (tertiary/aromatic N) is 1. The van der Waals surface area contributed by atoms with E-state index in [4.69, 9.17) is 0 Å². The maximum Gasteiger partial charge on any atom is 0.163 e. The predicted octanol–water partition coefficient (Wildman–Crippen LogP) is 4.03. The quantitative estimate of drug-likeness (QED) is 0.660. The largest absolute Gasteiger partial charge is 0.294 e. The van der Waals surface area contributed by atoms with E-state index in [0.717, 1.165) is 22.9 Å². The minimum atomic E-state index is 0.272. The van der Waals surface area contributed by atoms with Crippen LogP contribution in [0.5, 0.6) is 0 Å². The van der Waals surface area contributed by atoms with Crippen molar-refractivity contribution in [2.24, 2.45) is 0 Å². The molecule has 0 aliphatic heterocycles. The van der Waals surface area contributed by atoms with Gasteiger partial charge in [0.2, 0.25) is 0 Å². The Balaban J connectivity index is 1.85. The standard InChI is InChI=1S/C18H13NO/c20-18-8-5-14-10-12(3-6-16(14)18)13-4-7-17-15(11-13)2-1-9-19-17/h1-4,6-7,9-11H,5,8H2. The summed E-state index contributed by atoms with van der Waals surface area (Å²) in [5, 5.41) is 1.14. The summed E-state index contributed by atoms with van der Waals surface area (Å²) in [5.41, 5.74) is 5.43. The van der Waals surface area contributed by atoms with Gasteiger partial charge in [0.1, 0.15) is 0 Å². The maximum atomic E-state index is 11.7. The Morgan fingerprint density at radius 2 is 1.75 bits per heavy atom. The first-order valence-electron chi connectivity index (χ1n) is 6.82. The molecule has 20 heavy (non-hydrogen) atoms. The maximum absolute atomic E-state index is 11.7. The number of carbonyl (C=O) groups excluding carboxylic acids is 1. The first-order valence-corrected chi connectivity index (χ1v) is 6.82. The van der Waals surface area contributed by atoms with Gasteiger partial charge in [-0.1, -0.05) is 30.3 Å². The molecule has 2 nitrogen and oxygen atoms in total. The van der Waals surface area contributed by atoms with Crippen molar-refractivity contribution < 1.29 is 4.79 Å². The van der Waals surface area contributed by atoms with E-state index in [0.29, 0.717) is 6.42 Å². The number of hydrogen-bond donors (Lipinski definition) is 0. The van der Waals surface area contributed by atoms with Crippen molar-refractivity contribution in [3.05, 3.63) is 65.9 Å². The number of pyridine rings is 1. The highest BCUT2D eigenvalue weighted by molar-refractivity contribution is 6.01. The molecule has 1 aromatic heterocycles. The van der Waals surface area contributed by atoms with Crippen LogP contribution in [0.1, 0.15) is 22.3 Å². The van der Waals surface area contributed by atoms with Gasteiger partial charge in [0, 0.05) is 23.6 Å². The van der Waals surface area contributed by atoms with Crippen LogP contribution in [0.25, 0.3) is 22.0 Å². The van der Waals surface area contributed by atoms with Crippen molar-refractivity contribution >= 4 is 16.7 Å². The van der Waals surface area contributed by atoms with E-state index in [1.165, 1.54) is 16.7 Å². The molecule has 1 aliphatic rings. The third kappa shape index (κ3) is 1.73. The molecule has 3 aromatic rings. The molecular formula is C18H13NO. The van der Waals surface area contributed by atoms with Crippen molar-refractivity contribution in [2.45, 2.75) is 12.8 Å². The average molecular weight is 259 g/mol. The molecular weight excluding hydrogens is 246 g/mol. The molecule has 96 valence electrons. The Kier molecular flexibility index (Phi) is 2.43. The van der Waals surface area contributed by atoms with Crippen molar-refractivity contribution in [3.8, 4) is 11.1 Å². The van der Waals surface area contributed by atoms with E-state index in [-0.39, 0.29) is 5.78 Å². The first-order chi connectivity index (χ1) is 9.81. The zero-order valence-corrected chi connectivity index (χ0v) is 11.0. The van der Waals surface area contributed by atoms with E-state index in [9.17, 15) is 4.79 Å². The predicted molar refractivity (Wildman–Crippen MR) is 79.8 cm³/mol. The Bertz CT molecular complexity index is 836. The second kappa shape index (κ2) is 4.27. The monoisotopic (exact) mass is 259 g/mol. The molecule has 4 rings (SSSR count). The molecule has 2 aromatic carbocycles. The fourth-order valence-electron chi connectivity index (χ4n) is 2.89. The van der Waals surface area contributed by atoms with Gasteiger partial charge in [-0.25, -0.2) is 0 Å². The van der Waals surface area contributed by atoms with Gasteiger partial charge in [-0.15, -0.1) is 0 Å². The molecule has 2 heteroatoms. The summed E-state index contributed by atoms with van der Waals surface area (Å²) in [7, 11) is 0. The lowest BCUT2D eigenvalue weighted by atomic mass is 9.99. The topological polar surface area (TPSA) is 30.0 Å². The van der Waals surface area contributed by atoms with Crippen LogP contribution >= 0.6 is 0 Å². The minimum absolute atomic E-state index is 0.272. The summed E-state index contributed by atoms with van der Waals surface area (Å²) in [5.74, 6) is 0.272. The van der Waals surface area contributed by atoms with Gasteiger partial charge in [0.15, 0.2) is 5.78 Å². The molecule has 0 atom stereocenters. The van der Waals surface area contributed by atoms with Crippen LogP contribution < -0.4 is 0 Å². The minimum Gasteiger partial charge on any atom is -0.294 e. The molecule has 0 unspecified atom stereocenters. The van der Waals surface area contributed by atoms with Gasteiger partial charge < -0.3 is 0 Å². The summed E-state index contributed by atoms with van der Waals surface area (Å²) in [6.07, 6.45) is 3.33. The molecule has 0 bridgehead atoms. The van der Waals surface area contributed by atoms with Gasteiger partial charge in [0.05, 0.1) is 5.52 Å². The fourth-order valence-corrected chi connectivity index (χ4v) is 2.89. The van der Waals surface area contributed by atoms with Crippen LogP contribution in [-0.4, -0.2) is 10.8 Å². The molecule has 0 N–H and O–H groups in total. The number of ketones is 1. The molecule has 1 aliphatic carbocycles. The zero-order valence-electron chi connectivity index (χ0n) is 11.0. The lowest BCUT2D eigenvalue weighted by molar-refractivity contribution is 0.0994. The van der Waals surface area contributed by atoms with E-state index in [1.807, 2.05) is 30.5 Å². The van der Waals surface area contributed by atoms with E-state index < -0.39 is 0 Å². The zero-order chi connectivity index (χ0) is 13.5. The molecule has 0 radical (unpaired) electrons.